The number of carbonyl (C=O) groups is 1. The van der Waals surface area contributed by atoms with Gasteiger partial charge in [0.15, 0.2) is 4.34 Å². The second kappa shape index (κ2) is 5.71. The molecule has 0 unspecified atom stereocenters. The molecule has 0 atom stereocenters. The molecular weight excluding hydrogens is 316 g/mol. The van der Waals surface area contributed by atoms with E-state index in [0.29, 0.717) is 0 Å². The van der Waals surface area contributed by atoms with Crippen molar-refractivity contribution in [1.82, 2.24) is 9.36 Å². The van der Waals surface area contributed by atoms with Crippen LogP contribution in [0.2, 0.25) is 5.02 Å². The Morgan fingerprint density at radius 2 is 2.10 bits per heavy atom. The van der Waals surface area contributed by atoms with Crippen molar-refractivity contribution in [3.63, 3.8) is 0 Å². The monoisotopic (exact) mass is 328 g/mol. The summed E-state index contributed by atoms with van der Waals surface area (Å²) in [6.07, 6.45) is 0. The summed E-state index contributed by atoms with van der Waals surface area (Å²) >= 11 is 8.54. The Labute approximate surface area is 130 Å². The highest BCUT2D eigenvalue weighted by atomic mass is 35.5. The van der Waals surface area contributed by atoms with E-state index in [2.05, 4.69) is 9.36 Å². The summed E-state index contributed by atoms with van der Waals surface area (Å²) in [4.78, 5) is 16.3. The van der Waals surface area contributed by atoms with E-state index in [0.717, 1.165) is 15.1 Å². The summed E-state index contributed by atoms with van der Waals surface area (Å²) in [7, 11) is 0. The van der Waals surface area contributed by atoms with Crippen LogP contribution in [-0.2, 0) is 5.41 Å². The molecular formula is C13H13ClN2O2S2. The van der Waals surface area contributed by atoms with Crippen molar-refractivity contribution >= 4 is 40.9 Å². The molecule has 0 radical (unpaired) electrons. The maximum absolute atomic E-state index is 11.0. The topological polar surface area (TPSA) is 63.1 Å². The number of hydrogen-bond donors (Lipinski definition) is 1. The van der Waals surface area contributed by atoms with Crippen LogP contribution in [0.1, 0.15) is 37.0 Å². The van der Waals surface area contributed by atoms with E-state index in [4.69, 9.17) is 16.7 Å². The third kappa shape index (κ3) is 3.50. The molecule has 0 aliphatic carbocycles. The van der Waals surface area contributed by atoms with Gasteiger partial charge in [-0.3, -0.25) is 0 Å². The first-order chi connectivity index (χ1) is 9.27. The van der Waals surface area contributed by atoms with Crippen LogP contribution < -0.4 is 0 Å². The molecule has 0 amide bonds. The van der Waals surface area contributed by atoms with Gasteiger partial charge in [0, 0.05) is 10.3 Å². The molecule has 0 fully saturated rings. The van der Waals surface area contributed by atoms with Gasteiger partial charge < -0.3 is 5.11 Å². The van der Waals surface area contributed by atoms with Crippen molar-refractivity contribution in [3.8, 4) is 0 Å². The number of carboxylic acid groups (broad SMARTS) is 1. The normalized spacial score (nSPS) is 11.6. The van der Waals surface area contributed by atoms with Gasteiger partial charge in [0.2, 0.25) is 0 Å². The molecule has 20 heavy (non-hydrogen) atoms. The highest BCUT2D eigenvalue weighted by Crippen LogP contribution is 2.33. The molecule has 7 heteroatoms. The molecule has 0 bridgehead atoms. The van der Waals surface area contributed by atoms with Crippen molar-refractivity contribution in [2.75, 3.05) is 0 Å². The number of nitrogens with zero attached hydrogens (tertiary/aromatic N) is 2. The molecule has 2 rings (SSSR count). The van der Waals surface area contributed by atoms with E-state index in [1.165, 1.54) is 23.3 Å². The molecule has 1 N–H and O–H groups in total. The third-order valence-corrected chi connectivity index (χ3v) is 4.52. The first-order valence-electron chi connectivity index (χ1n) is 5.82. The zero-order chi connectivity index (χ0) is 14.9. The second-order valence-corrected chi connectivity index (χ2v) is 7.66. The van der Waals surface area contributed by atoms with E-state index in [1.54, 1.807) is 18.2 Å². The number of aromatic nitrogens is 2. The predicted molar refractivity (Wildman–Crippen MR) is 81.1 cm³/mol. The SMILES string of the molecule is CC(C)(C)c1nsc(Sc2ccc(Cl)c(C(=O)O)c2)n1. The Balaban J connectivity index is 2.24. The molecule has 0 spiro atoms. The van der Waals surface area contributed by atoms with Crippen LogP contribution in [0, 0.1) is 0 Å². The van der Waals surface area contributed by atoms with Crippen LogP contribution in [0.5, 0.6) is 0 Å². The van der Waals surface area contributed by atoms with E-state index in [-0.39, 0.29) is 16.0 Å². The first kappa shape index (κ1) is 15.3. The lowest BCUT2D eigenvalue weighted by atomic mass is 9.96. The molecule has 4 nitrogen and oxygen atoms in total. The minimum atomic E-state index is -1.04. The summed E-state index contributed by atoms with van der Waals surface area (Å²) in [6, 6.07) is 4.91. The van der Waals surface area contributed by atoms with Crippen LogP contribution in [-0.4, -0.2) is 20.4 Å². The van der Waals surface area contributed by atoms with Gasteiger partial charge in [-0.25, -0.2) is 9.78 Å². The average molecular weight is 329 g/mol. The zero-order valence-corrected chi connectivity index (χ0v) is 13.6. The molecule has 0 saturated heterocycles. The van der Waals surface area contributed by atoms with Gasteiger partial charge in [-0.15, -0.1) is 0 Å². The Bertz CT molecular complexity index is 650. The standard InChI is InChI=1S/C13H13ClN2O2S2/c1-13(2,3)11-15-12(20-16-11)19-7-4-5-9(14)8(6-7)10(17)18/h4-6H,1-3H3,(H,17,18). The van der Waals surface area contributed by atoms with Crippen molar-refractivity contribution in [1.29, 1.82) is 0 Å². The molecule has 0 aliphatic heterocycles. The van der Waals surface area contributed by atoms with Crippen LogP contribution in [0.4, 0.5) is 0 Å². The fraction of sp³-hybridized carbons (Fsp3) is 0.308. The quantitative estimate of drug-likeness (QED) is 0.908. The van der Waals surface area contributed by atoms with Crippen LogP contribution in [0.15, 0.2) is 27.4 Å². The fourth-order valence-corrected chi connectivity index (χ4v) is 3.39. The Kier molecular flexibility index (Phi) is 4.36. The lowest BCUT2D eigenvalue weighted by Gasteiger charge is -2.12. The number of rotatable bonds is 3. The van der Waals surface area contributed by atoms with E-state index >= 15 is 0 Å². The minimum absolute atomic E-state index is 0.0947. The second-order valence-electron chi connectivity index (χ2n) is 5.18. The van der Waals surface area contributed by atoms with Crippen molar-refractivity contribution in [3.05, 3.63) is 34.6 Å². The Morgan fingerprint density at radius 1 is 1.40 bits per heavy atom. The largest absolute Gasteiger partial charge is 0.478 e. The first-order valence-corrected chi connectivity index (χ1v) is 7.79. The zero-order valence-electron chi connectivity index (χ0n) is 11.2. The molecule has 1 heterocycles. The number of benzene rings is 1. The van der Waals surface area contributed by atoms with Gasteiger partial charge >= 0.3 is 5.97 Å². The number of aromatic carboxylic acids is 1. The van der Waals surface area contributed by atoms with Crippen LogP contribution in [0.25, 0.3) is 0 Å². The Hall–Kier alpha value is -1.11. The molecule has 1 aromatic heterocycles. The van der Waals surface area contributed by atoms with Crippen LogP contribution >= 0.6 is 34.9 Å². The summed E-state index contributed by atoms with van der Waals surface area (Å²) in [6.45, 7) is 6.15. The van der Waals surface area contributed by atoms with Gasteiger partial charge in [-0.2, -0.15) is 4.37 Å². The van der Waals surface area contributed by atoms with E-state index < -0.39 is 5.97 Å². The molecule has 106 valence electrons. The fourth-order valence-electron chi connectivity index (χ4n) is 1.39. The summed E-state index contributed by atoms with van der Waals surface area (Å²) in [5.74, 6) is -0.248. The maximum atomic E-state index is 11.0. The van der Waals surface area contributed by atoms with E-state index in [9.17, 15) is 4.79 Å². The van der Waals surface area contributed by atoms with Gasteiger partial charge in [0.1, 0.15) is 5.82 Å². The summed E-state index contributed by atoms with van der Waals surface area (Å²) in [5, 5.41) is 9.28. The lowest BCUT2D eigenvalue weighted by Crippen LogP contribution is -2.12. The van der Waals surface area contributed by atoms with E-state index in [1.807, 2.05) is 20.8 Å². The molecule has 1 aromatic carbocycles. The highest BCUT2D eigenvalue weighted by molar-refractivity contribution is 8.01. The third-order valence-electron chi connectivity index (χ3n) is 2.45. The molecule has 2 aromatic rings. The predicted octanol–water partition coefficient (Wildman–Crippen LogP) is 4.34. The maximum Gasteiger partial charge on any atom is 0.337 e. The number of hydrogen-bond acceptors (Lipinski definition) is 5. The smallest absolute Gasteiger partial charge is 0.337 e. The van der Waals surface area contributed by atoms with Gasteiger partial charge in [0.05, 0.1) is 10.6 Å². The molecule has 0 saturated carbocycles. The van der Waals surface area contributed by atoms with Crippen molar-refractivity contribution in [2.24, 2.45) is 0 Å². The van der Waals surface area contributed by atoms with Crippen molar-refractivity contribution < 1.29 is 9.90 Å². The number of halogens is 1. The van der Waals surface area contributed by atoms with Gasteiger partial charge in [-0.1, -0.05) is 44.1 Å². The van der Waals surface area contributed by atoms with Crippen LogP contribution in [0.3, 0.4) is 0 Å². The minimum Gasteiger partial charge on any atom is -0.478 e. The summed E-state index contributed by atoms with van der Waals surface area (Å²) in [5.41, 5.74) is -0.00105. The van der Waals surface area contributed by atoms with Gasteiger partial charge in [-0.05, 0) is 29.7 Å². The van der Waals surface area contributed by atoms with Gasteiger partial charge in [0.25, 0.3) is 0 Å². The van der Waals surface area contributed by atoms with Crippen molar-refractivity contribution in [2.45, 2.75) is 35.4 Å². The highest BCUT2D eigenvalue weighted by Gasteiger charge is 2.20. The average Bonchev–Trinajstić information content (AvgIpc) is 2.79. The lowest BCUT2D eigenvalue weighted by molar-refractivity contribution is 0.0697. The number of carboxylic acids is 1. The Morgan fingerprint density at radius 3 is 2.65 bits per heavy atom. The summed E-state index contributed by atoms with van der Waals surface area (Å²) < 4.78 is 5.11. The molecule has 0 aliphatic rings.